The Morgan fingerprint density at radius 2 is 1.20 bits per heavy atom. The third-order valence-corrected chi connectivity index (χ3v) is 0. The zero-order chi connectivity index (χ0) is 3.58. The van der Waals surface area contributed by atoms with E-state index in [2.05, 4.69) is 20.0 Å². The molecule has 0 N–H and O–H groups in total. The molecule has 0 aromatic carbocycles. The van der Waals surface area contributed by atoms with E-state index < -0.39 is 0 Å². The van der Waals surface area contributed by atoms with Gasteiger partial charge < -0.3 is 1.43 Å². The van der Waals surface area contributed by atoms with Crippen molar-refractivity contribution in [2.45, 2.75) is 0 Å². The Kier molecular flexibility index (Phi) is 10.5. The molecule has 0 aliphatic rings. The van der Waals surface area contributed by atoms with Gasteiger partial charge in [-0.2, -0.15) is 0 Å². The molecule has 28 valence electrons. The van der Waals surface area contributed by atoms with E-state index in [0.29, 0.717) is 7.92 Å². The Morgan fingerprint density at radius 3 is 1.20 bits per heavy atom. The van der Waals surface area contributed by atoms with Gasteiger partial charge in [-0.25, -0.2) is 0 Å². The predicted octanol–water partition coefficient (Wildman–Crippen LogP) is -1.53. The van der Waals surface area contributed by atoms with Crippen LogP contribution in [0.3, 0.4) is 0 Å². The van der Waals surface area contributed by atoms with Gasteiger partial charge in [-0.05, 0) is 20.0 Å². The summed E-state index contributed by atoms with van der Waals surface area (Å²) < 4.78 is 0. The molecular weight excluding hydrogens is 90.0 g/mol. The van der Waals surface area contributed by atoms with Crippen molar-refractivity contribution in [1.29, 1.82) is 0 Å². The molecule has 0 fully saturated rings. The van der Waals surface area contributed by atoms with E-state index in [1.54, 1.807) is 0 Å². The van der Waals surface area contributed by atoms with Crippen LogP contribution in [0, 0.1) is 0 Å². The number of hydrogen-bond acceptors (Lipinski definition) is 0. The normalized spacial score (nSPS) is 7.20. The Bertz CT molecular complexity index is 15.5. The van der Waals surface area contributed by atoms with Crippen molar-refractivity contribution in [1.82, 2.24) is 0 Å². The van der Waals surface area contributed by atoms with Crippen LogP contribution < -0.4 is 29.6 Å². The molecule has 0 heterocycles. The summed E-state index contributed by atoms with van der Waals surface area (Å²) in [7, 11) is 0.380. The molecule has 5 heavy (non-hydrogen) atoms. The van der Waals surface area contributed by atoms with Crippen LogP contribution in [0.15, 0.2) is 0 Å². The van der Waals surface area contributed by atoms with Crippen molar-refractivity contribution in [3.8, 4) is 0 Å². The Balaban J connectivity index is -0.0000000450. The third kappa shape index (κ3) is 31.2. The van der Waals surface area contributed by atoms with Crippen LogP contribution in [0.2, 0.25) is 0 Å². The maximum Gasteiger partial charge on any atom is 1.00 e. The fourth-order valence-corrected chi connectivity index (χ4v) is 0. The first-order chi connectivity index (χ1) is 1.73. The molecule has 0 saturated heterocycles. The molecule has 0 aromatic heterocycles. The van der Waals surface area contributed by atoms with Gasteiger partial charge in [0.15, 0.2) is 0 Å². The fraction of sp³-hybridized carbons (Fsp3) is 1.00. The van der Waals surface area contributed by atoms with E-state index in [1.165, 1.54) is 0 Å². The Hall–Kier alpha value is 1.43. The van der Waals surface area contributed by atoms with Gasteiger partial charge in [-0.1, -0.05) is 0 Å². The van der Waals surface area contributed by atoms with Crippen molar-refractivity contribution in [2.24, 2.45) is 0 Å². The fourth-order valence-electron chi connectivity index (χ4n) is 0. The molecule has 0 spiro atoms. The summed E-state index contributed by atoms with van der Waals surface area (Å²) in [6.45, 7) is 6.69. The Morgan fingerprint density at radius 1 is 1.20 bits per heavy atom. The molecule has 0 nitrogen and oxygen atoms in total. The smallest absolute Gasteiger partial charge is 1.00 e. The van der Waals surface area contributed by atoms with Crippen molar-refractivity contribution in [3.05, 3.63) is 0 Å². The van der Waals surface area contributed by atoms with Crippen LogP contribution in [0.4, 0.5) is 0 Å². The second kappa shape index (κ2) is 5.43. The molecule has 0 saturated carbocycles. The second-order valence-corrected chi connectivity index (χ2v) is 4.02. The average Bonchev–Trinajstić information content (AvgIpc) is 0.811. The van der Waals surface area contributed by atoms with Gasteiger partial charge in [0.2, 0.25) is 0 Å². The minimum atomic E-state index is 0. The van der Waals surface area contributed by atoms with E-state index in [9.17, 15) is 0 Å². The topological polar surface area (TPSA) is 0 Å². The van der Waals surface area contributed by atoms with Crippen LogP contribution in [-0.2, 0) is 0 Å². The van der Waals surface area contributed by atoms with E-state index in [-0.39, 0.29) is 31.0 Å². The minimum Gasteiger partial charge on any atom is -1.00 e. The summed E-state index contributed by atoms with van der Waals surface area (Å²) >= 11 is 0. The molecule has 0 aliphatic carbocycles. The van der Waals surface area contributed by atoms with Gasteiger partial charge in [0, 0.05) is 0 Å². The van der Waals surface area contributed by atoms with Gasteiger partial charge in [0.1, 0.15) is 0 Å². The van der Waals surface area contributed by atoms with Crippen LogP contribution >= 0.6 is 7.92 Å². The summed E-state index contributed by atoms with van der Waals surface area (Å²) in [6, 6.07) is 0. The van der Waals surface area contributed by atoms with Gasteiger partial charge in [-0.3, -0.25) is 0 Å². The first-order valence-electron chi connectivity index (χ1n) is 1.34. The van der Waals surface area contributed by atoms with E-state index in [0.717, 1.165) is 0 Å². The summed E-state index contributed by atoms with van der Waals surface area (Å²) in [5, 5.41) is 0. The van der Waals surface area contributed by atoms with Crippen molar-refractivity contribution in [2.75, 3.05) is 20.0 Å². The molecule has 0 unspecified atom stereocenters. The summed E-state index contributed by atoms with van der Waals surface area (Å²) in [6.07, 6.45) is 0. The first kappa shape index (κ1) is 9.66. The van der Waals surface area contributed by atoms with Gasteiger partial charge >= 0.3 is 29.6 Å². The van der Waals surface area contributed by atoms with Crippen molar-refractivity contribution in [3.63, 3.8) is 0 Å². The summed E-state index contributed by atoms with van der Waals surface area (Å²) in [4.78, 5) is 0. The Labute approximate surface area is 58.9 Å². The zero-order valence-electron chi connectivity index (χ0n) is 5.45. The van der Waals surface area contributed by atoms with Gasteiger partial charge in [0.25, 0.3) is 0 Å². The third-order valence-electron chi connectivity index (χ3n) is 0. The quantitative estimate of drug-likeness (QED) is 0.256. The SMILES string of the molecule is CP(C)C.[H-].[Na+]. The molecular formula is C3H10NaP. The van der Waals surface area contributed by atoms with E-state index >= 15 is 0 Å². The molecule has 0 aromatic rings. The van der Waals surface area contributed by atoms with Crippen LogP contribution in [0.25, 0.3) is 0 Å². The van der Waals surface area contributed by atoms with E-state index in [1.807, 2.05) is 0 Å². The van der Waals surface area contributed by atoms with Crippen LogP contribution in [0.1, 0.15) is 1.43 Å². The van der Waals surface area contributed by atoms with Crippen LogP contribution in [-0.4, -0.2) is 20.0 Å². The zero-order valence-corrected chi connectivity index (χ0v) is 7.34. The maximum atomic E-state index is 2.23. The maximum absolute atomic E-state index is 2.23. The average molecular weight is 100 g/mol. The predicted molar refractivity (Wildman–Crippen MR) is 25.8 cm³/mol. The largest absolute Gasteiger partial charge is 1.00 e. The van der Waals surface area contributed by atoms with Gasteiger partial charge in [0.05, 0.1) is 0 Å². The molecule has 0 aliphatic heterocycles. The molecule has 2 heteroatoms. The summed E-state index contributed by atoms with van der Waals surface area (Å²) in [5.41, 5.74) is 0. The van der Waals surface area contributed by atoms with E-state index in [4.69, 9.17) is 0 Å². The molecule has 0 amide bonds. The number of hydrogen-bond donors (Lipinski definition) is 0. The van der Waals surface area contributed by atoms with Crippen molar-refractivity contribution >= 4 is 7.92 Å². The molecule has 0 radical (unpaired) electrons. The standard InChI is InChI=1S/C3H9P.Na.H/c1-4(2)3;;/h1-3H3;;/q;+1;-1. The van der Waals surface area contributed by atoms with Crippen LogP contribution in [0.5, 0.6) is 0 Å². The minimum absolute atomic E-state index is 0. The van der Waals surface area contributed by atoms with Gasteiger partial charge in [-0.15, -0.1) is 7.92 Å². The molecule has 0 atom stereocenters. The second-order valence-electron chi connectivity index (χ2n) is 1.34. The number of rotatable bonds is 0. The molecule has 0 rings (SSSR count). The summed E-state index contributed by atoms with van der Waals surface area (Å²) in [5.74, 6) is 0. The monoisotopic (exact) mass is 100 g/mol. The first-order valence-corrected chi connectivity index (χ1v) is 4.02. The molecule has 0 bridgehead atoms. The van der Waals surface area contributed by atoms with Crippen molar-refractivity contribution < 1.29 is 31.0 Å².